The summed E-state index contributed by atoms with van der Waals surface area (Å²) in [5.41, 5.74) is 4.26. The fourth-order valence-corrected chi connectivity index (χ4v) is 1.45. The molecule has 1 rings (SSSR count). The topological polar surface area (TPSA) is 110 Å². The first kappa shape index (κ1) is 15.1. The van der Waals surface area contributed by atoms with Crippen LogP contribution in [0.15, 0.2) is 30.3 Å². The first-order chi connectivity index (χ1) is 8.92. The Hall–Kier alpha value is -1.92. The standard InChI is InChI=1S/C13H17NO5/c1-13(11(16)17,10(14)7-15)12(18)19-8-9-5-3-2-4-6-9/h2-6,10,15H,7-8,14H2,1H3,(H,16,17). The fourth-order valence-electron chi connectivity index (χ4n) is 1.45. The summed E-state index contributed by atoms with van der Waals surface area (Å²) in [4.78, 5) is 23.1. The molecule has 104 valence electrons. The van der Waals surface area contributed by atoms with Crippen molar-refractivity contribution >= 4 is 11.9 Å². The molecule has 6 nitrogen and oxygen atoms in total. The number of carboxylic acids is 1. The van der Waals surface area contributed by atoms with Crippen LogP contribution >= 0.6 is 0 Å². The van der Waals surface area contributed by atoms with Gasteiger partial charge in [-0.25, -0.2) is 0 Å². The molecule has 0 radical (unpaired) electrons. The molecule has 0 aromatic heterocycles. The third-order valence-corrected chi connectivity index (χ3v) is 3.02. The minimum Gasteiger partial charge on any atom is -0.480 e. The number of hydrogen-bond donors (Lipinski definition) is 3. The Morgan fingerprint density at radius 1 is 1.37 bits per heavy atom. The van der Waals surface area contributed by atoms with Crippen molar-refractivity contribution in [1.29, 1.82) is 0 Å². The minimum absolute atomic E-state index is 0.0410. The van der Waals surface area contributed by atoms with Crippen LogP contribution in [-0.4, -0.2) is 34.8 Å². The number of carboxylic acid groups (broad SMARTS) is 1. The maximum Gasteiger partial charge on any atom is 0.325 e. The van der Waals surface area contributed by atoms with Crippen LogP contribution in [0.3, 0.4) is 0 Å². The van der Waals surface area contributed by atoms with Crippen molar-refractivity contribution in [3.63, 3.8) is 0 Å². The third-order valence-electron chi connectivity index (χ3n) is 3.02. The number of carbonyl (C=O) groups excluding carboxylic acids is 1. The monoisotopic (exact) mass is 267 g/mol. The summed E-state index contributed by atoms with van der Waals surface area (Å²) in [7, 11) is 0. The van der Waals surface area contributed by atoms with Gasteiger partial charge < -0.3 is 20.7 Å². The van der Waals surface area contributed by atoms with Crippen LogP contribution in [-0.2, 0) is 20.9 Å². The lowest BCUT2D eigenvalue weighted by molar-refractivity contribution is -0.171. The number of aliphatic carboxylic acids is 1. The van der Waals surface area contributed by atoms with Crippen molar-refractivity contribution in [2.45, 2.75) is 19.6 Å². The zero-order valence-corrected chi connectivity index (χ0v) is 10.6. The Labute approximate surface area is 110 Å². The lowest BCUT2D eigenvalue weighted by atomic mass is 9.83. The molecule has 19 heavy (non-hydrogen) atoms. The van der Waals surface area contributed by atoms with E-state index in [1.54, 1.807) is 24.3 Å². The van der Waals surface area contributed by atoms with E-state index in [-0.39, 0.29) is 6.61 Å². The first-order valence-corrected chi connectivity index (χ1v) is 5.74. The van der Waals surface area contributed by atoms with Crippen molar-refractivity contribution in [1.82, 2.24) is 0 Å². The Morgan fingerprint density at radius 2 is 1.95 bits per heavy atom. The Bertz CT molecular complexity index is 448. The number of aliphatic hydroxyl groups excluding tert-OH is 1. The highest BCUT2D eigenvalue weighted by molar-refractivity contribution is 5.99. The molecule has 0 aliphatic rings. The summed E-state index contributed by atoms with van der Waals surface area (Å²) in [6.45, 7) is 0.480. The van der Waals surface area contributed by atoms with Crippen molar-refractivity contribution in [3.8, 4) is 0 Å². The molecule has 1 aromatic carbocycles. The number of nitrogens with two attached hydrogens (primary N) is 1. The lowest BCUT2D eigenvalue weighted by Gasteiger charge is -2.27. The van der Waals surface area contributed by atoms with Crippen LogP contribution in [0.1, 0.15) is 12.5 Å². The predicted octanol–water partition coefficient (Wildman–Crippen LogP) is 0.140. The van der Waals surface area contributed by atoms with Crippen molar-refractivity contribution in [2.75, 3.05) is 6.61 Å². The maximum absolute atomic E-state index is 11.9. The summed E-state index contributed by atoms with van der Waals surface area (Å²) < 4.78 is 4.97. The molecular weight excluding hydrogens is 250 g/mol. The first-order valence-electron chi connectivity index (χ1n) is 5.74. The molecule has 0 fully saturated rings. The molecule has 6 heteroatoms. The Morgan fingerprint density at radius 3 is 2.42 bits per heavy atom. The molecule has 0 spiro atoms. The molecule has 2 unspecified atom stereocenters. The number of esters is 1. The van der Waals surface area contributed by atoms with Crippen LogP contribution in [0.5, 0.6) is 0 Å². The summed E-state index contributed by atoms with van der Waals surface area (Å²) in [6, 6.07) is 7.63. The van der Waals surface area contributed by atoms with Gasteiger partial charge in [0.25, 0.3) is 0 Å². The highest BCUT2D eigenvalue weighted by atomic mass is 16.5. The molecule has 0 heterocycles. The Kier molecular flexibility index (Phi) is 5.02. The summed E-state index contributed by atoms with van der Waals surface area (Å²) >= 11 is 0. The smallest absolute Gasteiger partial charge is 0.325 e. The van der Waals surface area contributed by atoms with Gasteiger partial charge in [0.2, 0.25) is 0 Å². The molecule has 2 atom stereocenters. The molecule has 0 saturated heterocycles. The summed E-state index contributed by atoms with van der Waals surface area (Å²) in [5, 5.41) is 18.1. The van der Waals surface area contributed by atoms with E-state index in [9.17, 15) is 9.59 Å². The fraction of sp³-hybridized carbons (Fsp3) is 0.385. The number of carbonyl (C=O) groups is 2. The molecule has 0 amide bonds. The SMILES string of the molecule is CC(C(=O)O)(C(=O)OCc1ccccc1)C(N)CO. The predicted molar refractivity (Wildman–Crippen MR) is 67.0 cm³/mol. The zero-order valence-electron chi connectivity index (χ0n) is 10.6. The van der Waals surface area contributed by atoms with Gasteiger partial charge in [0.05, 0.1) is 12.6 Å². The number of benzene rings is 1. The van der Waals surface area contributed by atoms with Gasteiger partial charge in [-0.1, -0.05) is 30.3 Å². The van der Waals surface area contributed by atoms with Crippen LogP contribution in [0.2, 0.25) is 0 Å². The van der Waals surface area contributed by atoms with E-state index in [0.717, 1.165) is 12.5 Å². The molecule has 0 aliphatic heterocycles. The van der Waals surface area contributed by atoms with Gasteiger partial charge >= 0.3 is 11.9 Å². The zero-order chi connectivity index (χ0) is 14.5. The molecule has 1 aromatic rings. The van der Waals surface area contributed by atoms with E-state index in [0.29, 0.717) is 0 Å². The van der Waals surface area contributed by atoms with Gasteiger partial charge in [-0.05, 0) is 12.5 Å². The highest BCUT2D eigenvalue weighted by Crippen LogP contribution is 2.23. The minimum atomic E-state index is -1.97. The van der Waals surface area contributed by atoms with Gasteiger partial charge in [-0.3, -0.25) is 9.59 Å². The molecule has 0 saturated carbocycles. The van der Waals surface area contributed by atoms with Gasteiger partial charge in [-0.15, -0.1) is 0 Å². The van der Waals surface area contributed by atoms with E-state index >= 15 is 0 Å². The van der Waals surface area contributed by atoms with Gasteiger partial charge in [-0.2, -0.15) is 0 Å². The number of aliphatic hydroxyl groups is 1. The second-order valence-corrected chi connectivity index (χ2v) is 4.36. The van der Waals surface area contributed by atoms with Crippen LogP contribution in [0, 0.1) is 5.41 Å². The highest BCUT2D eigenvalue weighted by Gasteiger charge is 2.48. The molecule has 0 bridgehead atoms. The second-order valence-electron chi connectivity index (χ2n) is 4.36. The van der Waals surface area contributed by atoms with Crippen LogP contribution in [0.25, 0.3) is 0 Å². The van der Waals surface area contributed by atoms with E-state index in [1.165, 1.54) is 0 Å². The molecule has 0 aliphatic carbocycles. The third kappa shape index (κ3) is 3.30. The Balaban J connectivity index is 2.77. The van der Waals surface area contributed by atoms with Gasteiger partial charge in [0.1, 0.15) is 6.61 Å². The maximum atomic E-state index is 11.9. The van der Waals surface area contributed by atoms with Crippen LogP contribution < -0.4 is 5.73 Å². The van der Waals surface area contributed by atoms with Gasteiger partial charge in [0, 0.05) is 0 Å². The normalized spacial score (nSPS) is 15.3. The largest absolute Gasteiger partial charge is 0.480 e. The van der Waals surface area contributed by atoms with E-state index in [2.05, 4.69) is 0 Å². The van der Waals surface area contributed by atoms with Crippen molar-refractivity contribution in [3.05, 3.63) is 35.9 Å². The summed E-state index contributed by atoms with van der Waals surface area (Å²) in [6.07, 6.45) is 0. The quantitative estimate of drug-likeness (QED) is 0.499. The average Bonchev–Trinajstić information content (AvgIpc) is 2.43. The van der Waals surface area contributed by atoms with Crippen LogP contribution in [0.4, 0.5) is 0 Å². The molecular formula is C13H17NO5. The lowest BCUT2D eigenvalue weighted by Crippen LogP contribution is -2.53. The van der Waals surface area contributed by atoms with Gasteiger partial charge in [0.15, 0.2) is 5.41 Å². The van der Waals surface area contributed by atoms with E-state index in [4.69, 9.17) is 20.7 Å². The van der Waals surface area contributed by atoms with Crippen molar-refractivity contribution in [2.24, 2.45) is 11.1 Å². The second kappa shape index (κ2) is 6.31. The van der Waals surface area contributed by atoms with E-state index in [1.807, 2.05) is 6.07 Å². The van der Waals surface area contributed by atoms with E-state index < -0.39 is 30.0 Å². The van der Waals surface area contributed by atoms with Crippen molar-refractivity contribution < 1.29 is 24.5 Å². The number of hydrogen-bond acceptors (Lipinski definition) is 5. The average molecular weight is 267 g/mol. The number of ether oxygens (including phenoxy) is 1. The summed E-state index contributed by atoms with van der Waals surface area (Å²) in [5.74, 6) is -2.39. The number of rotatable bonds is 6. The molecule has 4 N–H and O–H groups in total.